The minimum atomic E-state index is -0.125. The standard InChI is InChI=1S/C19H21N3O2/c1-2-3-4-11-22-16-6-5-15(20)13-17(16)24-18(19(22)23)12-14-7-9-21-10-8-14/h5-10,12-13H,2-4,11,20H2,1H3/b18-12+. The number of carbonyl (C=O) groups is 1. The van der Waals surface area contributed by atoms with Crippen LogP contribution in [0.2, 0.25) is 0 Å². The minimum Gasteiger partial charge on any atom is -0.449 e. The van der Waals surface area contributed by atoms with Gasteiger partial charge in [0, 0.05) is 30.7 Å². The number of hydrogen-bond donors (Lipinski definition) is 1. The summed E-state index contributed by atoms with van der Waals surface area (Å²) in [5.74, 6) is 0.794. The van der Waals surface area contributed by atoms with Crippen molar-refractivity contribution >= 4 is 23.4 Å². The lowest BCUT2D eigenvalue weighted by Gasteiger charge is -2.30. The van der Waals surface area contributed by atoms with Crippen molar-refractivity contribution in [2.24, 2.45) is 0 Å². The highest BCUT2D eigenvalue weighted by molar-refractivity contribution is 6.10. The number of unbranched alkanes of at least 4 members (excludes halogenated alkanes) is 2. The molecule has 0 fully saturated rings. The van der Waals surface area contributed by atoms with E-state index in [2.05, 4.69) is 11.9 Å². The van der Waals surface area contributed by atoms with E-state index in [1.54, 1.807) is 35.5 Å². The lowest BCUT2D eigenvalue weighted by atomic mass is 10.1. The molecule has 2 N–H and O–H groups in total. The largest absolute Gasteiger partial charge is 0.449 e. The van der Waals surface area contributed by atoms with E-state index in [-0.39, 0.29) is 5.91 Å². The van der Waals surface area contributed by atoms with Gasteiger partial charge in [-0.3, -0.25) is 9.78 Å². The van der Waals surface area contributed by atoms with Crippen molar-refractivity contribution in [1.29, 1.82) is 0 Å². The van der Waals surface area contributed by atoms with Crippen molar-refractivity contribution in [3.05, 3.63) is 54.0 Å². The number of ether oxygens (including phenoxy) is 1. The zero-order valence-corrected chi connectivity index (χ0v) is 13.7. The van der Waals surface area contributed by atoms with Crippen molar-refractivity contribution in [2.75, 3.05) is 17.2 Å². The Balaban J connectivity index is 1.96. The molecule has 1 aliphatic rings. The Labute approximate surface area is 141 Å². The Morgan fingerprint density at radius 3 is 2.75 bits per heavy atom. The summed E-state index contributed by atoms with van der Waals surface area (Å²) in [6.07, 6.45) is 8.25. The molecular formula is C19H21N3O2. The maximum atomic E-state index is 12.9. The molecule has 0 saturated carbocycles. The van der Waals surface area contributed by atoms with Gasteiger partial charge in [-0.1, -0.05) is 19.8 Å². The Morgan fingerprint density at radius 2 is 2.00 bits per heavy atom. The molecule has 5 heteroatoms. The molecule has 0 spiro atoms. The van der Waals surface area contributed by atoms with Crippen LogP contribution < -0.4 is 15.4 Å². The summed E-state index contributed by atoms with van der Waals surface area (Å²) in [7, 11) is 0. The fraction of sp³-hybridized carbons (Fsp3) is 0.263. The van der Waals surface area contributed by atoms with E-state index in [1.165, 1.54) is 0 Å². The van der Waals surface area contributed by atoms with E-state index in [0.29, 0.717) is 23.7 Å². The molecule has 2 heterocycles. The van der Waals surface area contributed by atoms with Crippen LogP contribution in [0.5, 0.6) is 5.75 Å². The number of aromatic nitrogens is 1. The maximum Gasteiger partial charge on any atom is 0.294 e. The number of nitrogens with zero attached hydrogens (tertiary/aromatic N) is 2. The summed E-state index contributed by atoms with van der Waals surface area (Å²) in [6.45, 7) is 2.81. The smallest absolute Gasteiger partial charge is 0.294 e. The molecule has 1 aromatic carbocycles. The highest BCUT2D eigenvalue weighted by atomic mass is 16.5. The monoisotopic (exact) mass is 323 g/mol. The molecule has 0 atom stereocenters. The SMILES string of the molecule is CCCCCN1C(=O)/C(=C\c2ccncc2)Oc2cc(N)ccc21. The zero-order chi connectivity index (χ0) is 16.9. The first kappa shape index (κ1) is 16.1. The topological polar surface area (TPSA) is 68.5 Å². The minimum absolute atomic E-state index is 0.125. The number of nitrogen functional groups attached to an aromatic ring is 1. The molecule has 0 unspecified atom stereocenters. The second-order valence-corrected chi connectivity index (χ2v) is 5.78. The summed E-state index contributed by atoms with van der Waals surface area (Å²) in [5.41, 5.74) is 8.13. The van der Waals surface area contributed by atoms with Crippen LogP contribution in [0.25, 0.3) is 6.08 Å². The van der Waals surface area contributed by atoms with Gasteiger partial charge in [0.1, 0.15) is 0 Å². The van der Waals surface area contributed by atoms with E-state index in [9.17, 15) is 4.79 Å². The first-order valence-electron chi connectivity index (χ1n) is 8.20. The van der Waals surface area contributed by atoms with Gasteiger partial charge in [-0.25, -0.2) is 0 Å². The number of anilines is 2. The van der Waals surface area contributed by atoms with Gasteiger partial charge in [-0.15, -0.1) is 0 Å². The number of carbonyl (C=O) groups excluding carboxylic acids is 1. The Hall–Kier alpha value is -2.82. The van der Waals surface area contributed by atoms with Crippen molar-refractivity contribution in [3.63, 3.8) is 0 Å². The third-order valence-corrected chi connectivity index (χ3v) is 3.94. The van der Waals surface area contributed by atoms with Crippen LogP contribution in [-0.2, 0) is 4.79 Å². The lowest BCUT2D eigenvalue weighted by Crippen LogP contribution is -2.38. The number of pyridine rings is 1. The molecule has 124 valence electrons. The highest BCUT2D eigenvalue weighted by Crippen LogP contribution is 2.37. The van der Waals surface area contributed by atoms with Crippen LogP contribution in [0.3, 0.4) is 0 Å². The average Bonchev–Trinajstić information content (AvgIpc) is 2.59. The number of rotatable bonds is 5. The van der Waals surface area contributed by atoms with Crippen molar-refractivity contribution in [1.82, 2.24) is 4.98 Å². The van der Waals surface area contributed by atoms with Gasteiger partial charge in [0.05, 0.1) is 5.69 Å². The van der Waals surface area contributed by atoms with E-state index in [1.807, 2.05) is 18.2 Å². The van der Waals surface area contributed by atoms with Gasteiger partial charge in [-0.2, -0.15) is 0 Å². The van der Waals surface area contributed by atoms with Crippen LogP contribution in [-0.4, -0.2) is 17.4 Å². The van der Waals surface area contributed by atoms with Crippen LogP contribution in [0.15, 0.2) is 48.5 Å². The van der Waals surface area contributed by atoms with Gasteiger partial charge in [-0.05, 0) is 42.3 Å². The second kappa shape index (κ2) is 7.17. The third-order valence-electron chi connectivity index (χ3n) is 3.94. The van der Waals surface area contributed by atoms with Gasteiger partial charge < -0.3 is 15.4 Å². The summed E-state index contributed by atoms with van der Waals surface area (Å²) in [6, 6.07) is 9.06. The molecule has 0 bridgehead atoms. The normalized spacial score (nSPS) is 15.3. The van der Waals surface area contributed by atoms with E-state index < -0.39 is 0 Å². The van der Waals surface area contributed by atoms with Crippen LogP contribution >= 0.6 is 0 Å². The lowest BCUT2D eigenvalue weighted by molar-refractivity contribution is -0.117. The third kappa shape index (κ3) is 3.40. The quantitative estimate of drug-likeness (QED) is 0.518. The van der Waals surface area contributed by atoms with Crippen LogP contribution in [0.4, 0.5) is 11.4 Å². The molecule has 1 aromatic heterocycles. The van der Waals surface area contributed by atoms with E-state index in [0.717, 1.165) is 30.5 Å². The number of nitrogens with two attached hydrogens (primary N) is 1. The molecule has 1 amide bonds. The second-order valence-electron chi connectivity index (χ2n) is 5.78. The van der Waals surface area contributed by atoms with Crippen molar-refractivity contribution in [3.8, 4) is 5.75 Å². The number of fused-ring (bicyclic) bond motifs is 1. The van der Waals surface area contributed by atoms with Crippen LogP contribution in [0.1, 0.15) is 31.7 Å². The predicted octanol–water partition coefficient (Wildman–Crippen LogP) is 3.62. The number of hydrogen-bond acceptors (Lipinski definition) is 4. The molecule has 5 nitrogen and oxygen atoms in total. The van der Waals surface area contributed by atoms with E-state index >= 15 is 0 Å². The van der Waals surface area contributed by atoms with Crippen molar-refractivity contribution < 1.29 is 9.53 Å². The number of amides is 1. The van der Waals surface area contributed by atoms with Crippen LogP contribution in [0, 0.1) is 0 Å². The molecule has 0 aliphatic carbocycles. The molecule has 1 aliphatic heterocycles. The Bertz CT molecular complexity index is 756. The van der Waals surface area contributed by atoms with Gasteiger partial charge in [0.25, 0.3) is 5.91 Å². The van der Waals surface area contributed by atoms with Gasteiger partial charge in [0.15, 0.2) is 11.5 Å². The fourth-order valence-corrected chi connectivity index (χ4v) is 2.68. The van der Waals surface area contributed by atoms with Gasteiger partial charge in [0.2, 0.25) is 0 Å². The summed E-state index contributed by atoms with van der Waals surface area (Å²) < 4.78 is 5.84. The summed E-state index contributed by atoms with van der Waals surface area (Å²) >= 11 is 0. The van der Waals surface area contributed by atoms with E-state index in [4.69, 9.17) is 10.5 Å². The number of benzene rings is 1. The van der Waals surface area contributed by atoms with Gasteiger partial charge >= 0.3 is 0 Å². The summed E-state index contributed by atoms with van der Waals surface area (Å²) in [4.78, 5) is 18.6. The summed E-state index contributed by atoms with van der Waals surface area (Å²) in [5, 5.41) is 0. The Morgan fingerprint density at radius 1 is 1.21 bits per heavy atom. The first-order chi connectivity index (χ1) is 11.7. The molecule has 0 radical (unpaired) electrons. The molecule has 2 aromatic rings. The fourth-order valence-electron chi connectivity index (χ4n) is 2.68. The molecular weight excluding hydrogens is 302 g/mol. The van der Waals surface area contributed by atoms with Crippen molar-refractivity contribution in [2.45, 2.75) is 26.2 Å². The predicted molar refractivity (Wildman–Crippen MR) is 95.6 cm³/mol. The Kier molecular flexibility index (Phi) is 4.79. The molecule has 24 heavy (non-hydrogen) atoms. The first-order valence-corrected chi connectivity index (χ1v) is 8.20. The maximum absolute atomic E-state index is 12.9. The average molecular weight is 323 g/mol. The highest BCUT2D eigenvalue weighted by Gasteiger charge is 2.30. The molecule has 3 rings (SSSR count). The molecule has 0 saturated heterocycles. The zero-order valence-electron chi connectivity index (χ0n) is 13.7.